The predicted molar refractivity (Wildman–Crippen MR) is 104 cm³/mol. The number of ether oxygens (including phenoxy) is 2. The molecule has 0 amide bonds. The SMILES string of the molecule is Cl.NCc1ccc(-c2ccc(OC(F)(F)F)cc2)c(OCc2ccccc2)c1. The van der Waals surface area contributed by atoms with E-state index in [-0.39, 0.29) is 18.2 Å². The molecular weight excluding hydrogens is 391 g/mol. The fraction of sp³-hybridized carbons (Fsp3) is 0.143. The van der Waals surface area contributed by atoms with Crippen LogP contribution in [0.15, 0.2) is 72.8 Å². The van der Waals surface area contributed by atoms with Crippen LogP contribution in [0.1, 0.15) is 11.1 Å². The summed E-state index contributed by atoms with van der Waals surface area (Å²) >= 11 is 0. The minimum absolute atomic E-state index is 0. The second-order valence-electron chi connectivity index (χ2n) is 5.88. The molecule has 0 aliphatic heterocycles. The van der Waals surface area contributed by atoms with Crippen molar-refractivity contribution in [3.63, 3.8) is 0 Å². The number of halogens is 4. The van der Waals surface area contributed by atoms with E-state index in [1.807, 2.05) is 48.5 Å². The van der Waals surface area contributed by atoms with Crippen LogP contribution >= 0.6 is 12.4 Å². The van der Waals surface area contributed by atoms with Gasteiger partial charge in [0.05, 0.1) is 0 Å². The average molecular weight is 410 g/mol. The third-order valence-corrected chi connectivity index (χ3v) is 3.92. The number of hydrogen-bond acceptors (Lipinski definition) is 3. The molecule has 0 unspecified atom stereocenters. The van der Waals surface area contributed by atoms with E-state index in [0.29, 0.717) is 18.9 Å². The van der Waals surface area contributed by atoms with Gasteiger partial charge in [-0.3, -0.25) is 0 Å². The van der Waals surface area contributed by atoms with Gasteiger partial charge in [0.1, 0.15) is 18.1 Å². The number of benzene rings is 3. The summed E-state index contributed by atoms with van der Waals surface area (Å²) in [7, 11) is 0. The molecular formula is C21H19ClF3NO2. The zero-order valence-electron chi connectivity index (χ0n) is 14.8. The van der Waals surface area contributed by atoms with Gasteiger partial charge in [0.15, 0.2) is 0 Å². The highest BCUT2D eigenvalue weighted by Gasteiger charge is 2.31. The van der Waals surface area contributed by atoms with Gasteiger partial charge in [0.25, 0.3) is 0 Å². The van der Waals surface area contributed by atoms with Crippen LogP contribution in [0.2, 0.25) is 0 Å². The Labute approximate surface area is 167 Å². The lowest BCUT2D eigenvalue weighted by Crippen LogP contribution is -2.16. The quantitative estimate of drug-likeness (QED) is 0.567. The minimum atomic E-state index is -4.71. The van der Waals surface area contributed by atoms with Crippen LogP contribution in [-0.2, 0) is 13.2 Å². The maximum absolute atomic E-state index is 12.3. The molecule has 3 rings (SSSR count). The summed E-state index contributed by atoms with van der Waals surface area (Å²) in [6.45, 7) is 0.734. The molecule has 0 atom stereocenters. The normalized spacial score (nSPS) is 10.9. The van der Waals surface area contributed by atoms with Crippen molar-refractivity contribution in [2.75, 3.05) is 0 Å². The highest BCUT2D eigenvalue weighted by molar-refractivity contribution is 5.85. The molecule has 0 aliphatic rings. The number of alkyl halides is 3. The molecule has 28 heavy (non-hydrogen) atoms. The third kappa shape index (κ3) is 5.90. The molecule has 2 N–H and O–H groups in total. The van der Waals surface area contributed by atoms with Gasteiger partial charge in [-0.2, -0.15) is 0 Å². The molecule has 0 aromatic heterocycles. The van der Waals surface area contributed by atoms with E-state index < -0.39 is 6.36 Å². The lowest BCUT2D eigenvalue weighted by Gasteiger charge is -2.14. The van der Waals surface area contributed by atoms with Crippen molar-refractivity contribution in [1.82, 2.24) is 0 Å². The molecule has 3 aromatic carbocycles. The maximum atomic E-state index is 12.3. The van der Waals surface area contributed by atoms with Crippen molar-refractivity contribution < 1.29 is 22.6 Å². The average Bonchev–Trinajstić information content (AvgIpc) is 2.66. The topological polar surface area (TPSA) is 44.5 Å². The Bertz CT molecular complexity index is 884. The zero-order valence-corrected chi connectivity index (χ0v) is 15.6. The van der Waals surface area contributed by atoms with Gasteiger partial charge < -0.3 is 15.2 Å². The monoisotopic (exact) mass is 409 g/mol. The molecule has 0 fully saturated rings. The molecule has 3 aromatic rings. The smallest absolute Gasteiger partial charge is 0.488 e. The summed E-state index contributed by atoms with van der Waals surface area (Å²) in [6.07, 6.45) is -4.71. The first-order chi connectivity index (χ1) is 12.9. The van der Waals surface area contributed by atoms with Crippen LogP contribution in [0.5, 0.6) is 11.5 Å². The molecule has 7 heteroatoms. The summed E-state index contributed by atoms with van der Waals surface area (Å²) < 4.78 is 46.8. The van der Waals surface area contributed by atoms with Gasteiger partial charge in [-0.15, -0.1) is 25.6 Å². The van der Waals surface area contributed by atoms with E-state index in [1.165, 1.54) is 12.1 Å². The van der Waals surface area contributed by atoms with Gasteiger partial charge in [-0.05, 0) is 34.9 Å². The molecule has 3 nitrogen and oxygen atoms in total. The van der Waals surface area contributed by atoms with Gasteiger partial charge in [-0.25, -0.2) is 0 Å². The lowest BCUT2D eigenvalue weighted by atomic mass is 10.0. The molecule has 0 saturated heterocycles. The Morgan fingerprint density at radius 1 is 0.821 bits per heavy atom. The van der Waals surface area contributed by atoms with Gasteiger partial charge >= 0.3 is 6.36 Å². The summed E-state index contributed by atoms with van der Waals surface area (Å²) in [5.74, 6) is 0.350. The number of nitrogens with two attached hydrogens (primary N) is 1. The van der Waals surface area contributed by atoms with E-state index in [1.54, 1.807) is 12.1 Å². The molecule has 0 radical (unpaired) electrons. The van der Waals surface area contributed by atoms with Crippen LogP contribution in [0.3, 0.4) is 0 Å². The van der Waals surface area contributed by atoms with Crippen molar-refractivity contribution in [1.29, 1.82) is 0 Å². The second-order valence-corrected chi connectivity index (χ2v) is 5.88. The summed E-state index contributed by atoms with van der Waals surface area (Å²) in [5, 5.41) is 0. The Hall–Kier alpha value is -2.70. The van der Waals surface area contributed by atoms with E-state index >= 15 is 0 Å². The number of rotatable bonds is 6. The Kier molecular flexibility index (Phi) is 7.31. The van der Waals surface area contributed by atoms with Crippen molar-refractivity contribution in [3.8, 4) is 22.6 Å². The third-order valence-electron chi connectivity index (χ3n) is 3.92. The summed E-state index contributed by atoms with van der Waals surface area (Å²) in [5.41, 5.74) is 9.11. The molecule has 0 bridgehead atoms. The highest BCUT2D eigenvalue weighted by atomic mass is 35.5. The molecule has 0 spiro atoms. The first-order valence-corrected chi connectivity index (χ1v) is 8.30. The first-order valence-electron chi connectivity index (χ1n) is 8.30. The van der Waals surface area contributed by atoms with Crippen molar-refractivity contribution in [2.24, 2.45) is 5.73 Å². The molecule has 0 saturated carbocycles. The number of hydrogen-bond donors (Lipinski definition) is 1. The Morgan fingerprint density at radius 2 is 1.50 bits per heavy atom. The minimum Gasteiger partial charge on any atom is -0.488 e. The van der Waals surface area contributed by atoms with Gasteiger partial charge in [0, 0.05) is 12.1 Å². The standard InChI is InChI=1S/C21H18F3NO2.ClH/c22-21(23,24)27-18-9-7-17(8-10-18)19-11-6-16(13-25)12-20(19)26-14-15-4-2-1-3-5-15;/h1-12H,13-14,25H2;1H. The van der Waals surface area contributed by atoms with Crippen molar-refractivity contribution >= 4 is 12.4 Å². The second kappa shape index (κ2) is 9.48. The van der Waals surface area contributed by atoms with Crippen molar-refractivity contribution in [3.05, 3.63) is 83.9 Å². The largest absolute Gasteiger partial charge is 0.573 e. The van der Waals surface area contributed by atoms with Crippen LogP contribution in [0.25, 0.3) is 11.1 Å². The van der Waals surface area contributed by atoms with E-state index in [4.69, 9.17) is 10.5 Å². The fourth-order valence-electron chi connectivity index (χ4n) is 2.62. The molecule has 148 valence electrons. The summed E-state index contributed by atoms with van der Waals surface area (Å²) in [4.78, 5) is 0. The molecule has 0 heterocycles. The highest BCUT2D eigenvalue weighted by Crippen LogP contribution is 2.33. The van der Waals surface area contributed by atoms with Crippen LogP contribution < -0.4 is 15.2 Å². The predicted octanol–water partition coefficient (Wildman–Crippen LogP) is 5.71. The van der Waals surface area contributed by atoms with Crippen LogP contribution in [0.4, 0.5) is 13.2 Å². The molecule has 0 aliphatic carbocycles. The first kappa shape index (κ1) is 21.6. The van der Waals surface area contributed by atoms with E-state index in [0.717, 1.165) is 22.3 Å². The van der Waals surface area contributed by atoms with Gasteiger partial charge in [0.2, 0.25) is 0 Å². The zero-order chi connectivity index (χ0) is 19.3. The van der Waals surface area contributed by atoms with E-state index in [9.17, 15) is 13.2 Å². The van der Waals surface area contributed by atoms with Crippen LogP contribution in [0, 0.1) is 0 Å². The fourth-order valence-corrected chi connectivity index (χ4v) is 2.62. The van der Waals surface area contributed by atoms with E-state index in [2.05, 4.69) is 4.74 Å². The summed E-state index contributed by atoms with van der Waals surface area (Å²) in [6, 6.07) is 20.9. The lowest BCUT2D eigenvalue weighted by molar-refractivity contribution is -0.274. The maximum Gasteiger partial charge on any atom is 0.573 e. The Morgan fingerprint density at radius 3 is 2.11 bits per heavy atom. The Balaban J connectivity index is 0.00000280. The van der Waals surface area contributed by atoms with Gasteiger partial charge in [-0.1, -0.05) is 54.6 Å². The van der Waals surface area contributed by atoms with Crippen molar-refractivity contribution in [2.45, 2.75) is 19.5 Å². The van der Waals surface area contributed by atoms with Crippen LogP contribution in [-0.4, -0.2) is 6.36 Å².